The van der Waals surface area contributed by atoms with E-state index < -0.39 is 95.7 Å². The third kappa shape index (κ3) is 17.5. The summed E-state index contributed by atoms with van der Waals surface area (Å²) >= 11 is 12.8. The van der Waals surface area contributed by atoms with Gasteiger partial charge in [-0.3, -0.25) is 33.6 Å². The first-order chi connectivity index (χ1) is 28.3. The van der Waals surface area contributed by atoms with Gasteiger partial charge in [0.1, 0.15) is 42.3 Å². The van der Waals surface area contributed by atoms with E-state index in [4.69, 9.17) is 0 Å². The molecule has 9 N–H and O–H groups in total. The Hall–Kier alpha value is -4.01. The van der Waals surface area contributed by atoms with Gasteiger partial charge >= 0.3 is 5.97 Å². The second-order valence-electron chi connectivity index (χ2n) is 16.1. The number of hydrogen-bond donors (Lipinski definition) is 12. The second kappa shape index (κ2) is 26.4. The van der Waals surface area contributed by atoms with Gasteiger partial charge in [0.25, 0.3) is 0 Å². The van der Waals surface area contributed by atoms with E-state index in [1.54, 1.807) is 44.2 Å². The molecule has 1 aromatic rings. The molecule has 0 saturated carbocycles. The van der Waals surface area contributed by atoms with E-state index in [2.05, 4.69) is 80.4 Å². The maximum absolute atomic E-state index is 14.1. The van der Waals surface area contributed by atoms with Crippen LogP contribution in [0.4, 0.5) is 0 Å². The van der Waals surface area contributed by atoms with Gasteiger partial charge in [-0.1, -0.05) is 71.9 Å². The Morgan fingerprint density at radius 3 is 1.40 bits per heavy atom. The van der Waals surface area contributed by atoms with E-state index in [1.165, 1.54) is 0 Å². The predicted molar refractivity (Wildman–Crippen MR) is 238 cm³/mol. The topological polar surface area (TPSA) is 253 Å². The number of aliphatic carboxylic acids is 1. The molecular formula is C40H64N8O9S3. The highest BCUT2D eigenvalue weighted by molar-refractivity contribution is 7.80. The molecule has 1 aliphatic heterocycles. The SMILES string of the molecule is CC(C)C[C@H](NC(=O)[C@H](Cc1ccccc1)NC(=O)[C@H](CS)NC(=O)[C@H](CS)NC(=O)[C@@H]1CCCN1)C(=O)N[C@@H](CS)C(=O)N[C@@H](CC(C)C)C(=O)N[C@H](C(=O)O)C(C)C. The van der Waals surface area contributed by atoms with Crippen molar-refractivity contribution in [1.82, 2.24) is 42.5 Å². The van der Waals surface area contributed by atoms with Crippen molar-refractivity contribution in [3.8, 4) is 0 Å². The van der Waals surface area contributed by atoms with E-state index in [0.717, 1.165) is 6.42 Å². The lowest BCUT2D eigenvalue weighted by atomic mass is 10.00. The number of carboxylic acid groups (broad SMARTS) is 1. The Kier molecular flexibility index (Phi) is 22.9. The number of benzene rings is 1. The molecule has 7 amide bonds. The first-order valence-electron chi connectivity index (χ1n) is 20.3. The summed E-state index contributed by atoms with van der Waals surface area (Å²) in [6, 6.07) is 0.138. The molecule has 2 rings (SSSR count). The van der Waals surface area contributed by atoms with Crippen LogP contribution in [0.1, 0.15) is 72.8 Å². The first-order valence-corrected chi connectivity index (χ1v) is 22.2. The van der Waals surface area contributed by atoms with Gasteiger partial charge in [0.15, 0.2) is 0 Å². The molecule has 8 atom stereocenters. The summed E-state index contributed by atoms with van der Waals surface area (Å²) in [7, 11) is 0. The summed E-state index contributed by atoms with van der Waals surface area (Å²) < 4.78 is 0. The fourth-order valence-corrected chi connectivity index (χ4v) is 7.13. The fourth-order valence-electron chi connectivity index (χ4n) is 6.36. The fraction of sp³-hybridized carbons (Fsp3) is 0.650. The zero-order valence-corrected chi connectivity index (χ0v) is 37.8. The summed E-state index contributed by atoms with van der Waals surface area (Å²) in [4.78, 5) is 106. The van der Waals surface area contributed by atoms with Crippen molar-refractivity contribution in [1.29, 1.82) is 0 Å². The van der Waals surface area contributed by atoms with Crippen LogP contribution in [0.25, 0.3) is 0 Å². The third-order valence-corrected chi connectivity index (χ3v) is 10.7. The standard InChI is InChI=1S/C40H64N8O9S3/c1-21(2)15-26(34(50)46-29(18-58)37(53)43-27(16-22(3)4)36(52)48-32(23(5)6)40(56)57)42-35(51)28(17-24-11-8-7-9-12-24)44-38(54)30(19-59)47-39(55)31(20-60)45-33(49)25-13-10-14-41-25/h7-9,11-12,21-23,25-32,41,58-60H,10,13-20H2,1-6H3,(H,42,51)(H,43,53)(H,44,54)(H,45,49)(H,46,50)(H,47,55)(H,48,52)(H,56,57)/t25-,26-,27-,28-,29-,30-,31-,32-/m0/s1. The summed E-state index contributed by atoms with van der Waals surface area (Å²) in [6.45, 7) is 11.3. The molecule has 0 unspecified atom stereocenters. The average Bonchev–Trinajstić information content (AvgIpc) is 3.74. The monoisotopic (exact) mass is 896 g/mol. The van der Waals surface area contributed by atoms with Crippen LogP contribution in [0.15, 0.2) is 30.3 Å². The molecule has 1 heterocycles. The normalized spacial score (nSPS) is 17.3. The molecule has 1 aliphatic rings. The summed E-state index contributed by atoms with van der Waals surface area (Å²) in [5.41, 5.74) is 0.683. The largest absolute Gasteiger partial charge is 0.480 e. The number of nitrogens with one attached hydrogen (secondary N) is 8. The van der Waals surface area contributed by atoms with E-state index in [0.29, 0.717) is 18.5 Å². The van der Waals surface area contributed by atoms with Crippen LogP contribution < -0.4 is 42.5 Å². The Bertz CT molecular complexity index is 1620. The van der Waals surface area contributed by atoms with Crippen molar-refractivity contribution in [2.45, 2.75) is 122 Å². The van der Waals surface area contributed by atoms with E-state index >= 15 is 0 Å². The molecular weight excluding hydrogens is 833 g/mol. The van der Waals surface area contributed by atoms with Crippen molar-refractivity contribution in [3.63, 3.8) is 0 Å². The van der Waals surface area contributed by atoms with Crippen molar-refractivity contribution < 1.29 is 43.5 Å². The van der Waals surface area contributed by atoms with Gasteiger partial charge in [-0.2, -0.15) is 37.9 Å². The zero-order chi connectivity index (χ0) is 45.1. The van der Waals surface area contributed by atoms with Gasteiger partial charge < -0.3 is 47.6 Å². The molecule has 17 nitrogen and oxygen atoms in total. The lowest BCUT2D eigenvalue weighted by Gasteiger charge is -2.28. The lowest BCUT2D eigenvalue weighted by molar-refractivity contribution is -0.143. The Balaban J connectivity index is 2.26. The van der Waals surface area contributed by atoms with Crippen LogP contribution in [0, 0.1) is 17.8 Å². The number of hydrogen-bond acceptors (Lipinski definition) is 12. The maximum atomic E-state index is 14.1. The minimum atomic E-state index is -1.25. The summed E-state index contributed by atoms with van der Waals surface area (Å²) in [5, 5.41) is 31.1. The molecule has 336 valence electrons. The molecule has 0 radical (unpaired) electrons. The Morgan fingerprint density at radius 2 is 1.00 bits per heavy atom. The van der Waals surface area contributed by atoms with Gasteiger partial charge in [-0.05, 0) is 55.5 Å². The smallest absolute Gasteiger partial charge is 0.326 e. The van der Waals surface area contributed by atoms with Crippen LogP contribution in [0.3, 0.4) is 0 Å². The van der Waals surface area contributed by atoms with Gasteiger partial charge in [-0.25, -0.2) is 4.79 Å². The third-order valence-electron chi connectivity index (χ3n) is 9.65. The van der Waals surface area contributed by atoms with Crippen LogP contribution in [-0.4, -0.2) is 125 Å². The second-order valence-corrected chi connectivity index (χ2v) is 17.2. The number of rotatable bonds is 25. The van der Waals surface area contributed by atoms with E-state index in [9.17, 15) is 43.5 Å². The molecule has 1 fully saturated rings. The van der Waals surface area contributed by atoms with Crippen LogP contribution >= 0.6 is 37.9 Å². The highest BCUT2D eigenvalue weighted by Gasteiger charge is 2.35. The zero-order valence-electron chi connectivity index (χ0n) is 35.2. The van der Waals surface area contributed by atoms with Gasteiger partial charge in [0.05, 0.1) is 6.04 Å². The van der Waals surface area contributed by atoms with Crippen molar-refractivity contribution in [2.75, 3.05) is 23.8 Å². The van der Waals surface area contributed by atoms with Crippen LogP contribution in [0.2, 0.25) is 0 Å². The molecule has 20 heteroatoms. The van der Waals surface area contributed by atoms with Crippen LogP contribution in [-0.2, 0) is 44.8 Å². The minimum absolute atomic E-state index is 0.00585. The van der Waals surface area contributed by atoms with Crippen molar-refractivity contribution >= 4 is 85.2 Å². The molecule has 1 saturated heterocycles. The molecule has 0 aromatic heterocycles. The van der Waals surface area contributed by atoms with E-state index in [-0.39, 0.29) is 54.3 Å². The van der Waals surface area contributed by atoms with Gasteiger partial charge in [-0.15, -0.1) is 0 Å². The van der Waals surface area contributed by atoms with Crippen molar-refractivity contribution in [3.05, 3.63) is 35.9 Å². The highest BCUT2D eigenvalue weighted by atomic mass is 32.1. The molecule has 0 spiro atoms. The molecule has 0 bridgehead atoms. The Labute approximate surface area is 369 Å². The van der Waals surface area contributed by atoms with Crippen molar-refractivity contribution in [2.24, 2.45) is 17.8 Å². The Morgan fingerprint density at radius 1 is 0.600 bits per heavy atom. The quantitative estimate of drug-likeness (QED) is 0.0586. The first kappa shape index (κ1) is 52.1. The number of amides is 7. The van der Waals surface area contributed by atoms with Crippen LogP contribution in [0.5, 0.6) is 0 Å². The summed E-state index contributed by atoms with van der Waals surface area (Å²) in [6.07, 6.45) is 1.77. The average molecular weight is 897 g/mol. The van der Waals surface area contributed by atoms with Gasteiger partial charge in [0, 0.05) is 23.7 Å². The maximum Gasteiger partial charge on any atom is 0.326 e. The number of carboxylic acids is 1. The van der Waals surface area contributed by atoms with E-state index in [1.807, 2.05) is 27.7 Å². The number of carbonyl (C=O) groups excluding carboxylic acids is 7. The highest BCUT2D eigenvalue weighted by Crippen LogP contribution is 2.12. The summed E-state index contributed by atoms with van der Waals surface area (Å²) in [5.74, 6) is -6.86. The molecule has 0 aliphatic carbocycles. The lowest BCUT2D eigenvalue weighted by Crippen LogP contribution is -2.61. The molecule has 1 aromatic carbocycles. The predicted octanol–water partition coefficient (Wildman–Crippen LogP) is -0.00310. The number of carbonyl (C=O) groups is 8. The number of thiol groups is 3. The molecule has 60 heavy (non-hydrogen) atoms. The minimum Gasteiger partial charge on any atom is -0.480 e. The van der Waals surface area contributed by atoms with Gasteiger partial charge in [0.2, 0.25) is 41.4 Å².